The van der Waals surface area contributed by atoms with Gasteiger partial charge in [-0.2, -0.15) is 0 Å². The summed E-state index contributed by atoms with van der Waals surface area (Å²) in [6.07, 6.45) is 1.55. The van der Waals surface area contributed by atoms with Crippen LogP contribution in [0.25, 0.3) is 0 Å². The van der Waals surface area contributed by atoms with E-state index in [1.165, 1.54) is 18.0 Å². The lowest BCUT2D eigenvalue weighted by molar-refractivity contribution is 0.483. The maximum Gasteiger partial charge on any atom is 0.206 e. The normalized spacial score (nSPS) is 14.3. The van der Waals surface area contributed by atoms with Crippen molar-refractivity contribution in [3.05, 3.63) is 78.4 Å². The van der Waals surface area contributed by atoms with Gasteiger partial charge in [0, 0.05) is 6.20 Å². The van der Waals surface area contributed by atoms with E-state index < -0.39 is 0 Å². The maximum atomic E-state index is 13.7. The highest BCUT2D eigenvalue weighted by molar-refractivity contribution is 7.98. The van der Waals surface area contributed by atoms with Gasteiger partial charge in [0.25, 0.3) is 0 Å². The molecular weight excluding hydrogens is 351 g/mol. The Labute approximate surface area is 154 Å². The summed E-state index contributed by atoms with van der Waals surface area (Å²) < 4.78 is 22.8. The summed E-state index contributed by atoms with van der Waals surface area (Å²) in [6.45, 7) is 0.139. The van der Waals surface area contributed by atoms with E-state index in [0.717, 1.165) is 16.3 Å². The van der Waals surface area contributed by atoms with Crippen molar-refractivity contribution in [3.8, 4) is 11.5 Å². The zero-order chi connectivity index (χ0) is 17.8. The van der Waals surface area contributed by atoms with Gasteiger partial charge in [0.15, 0.2) is 5.75 Å². The summed E-state index contributed by atoms with van der Waals surface area (Å²) in [5.74, 6) is 1.60. The Morgan fingerprint density at radius 2 is 1.92 bits per heavy atom. The van der Waals surface area contributed by atoms with E-state index in [4.69, 9.17) is 4.74 Å². The van der Waals surface area contributed by atoms with Crippen molar-refractivity contribution < 1.29 is 9.13 Å². The fraction of sp³-hybridized carbons (Fsp3) is 0.0526. The SMILES string of the molecule is Fc1cccnc1CN=C1NSc2cccc(Oc3ccccc3)c2N1. The largest absolute Gasteiger partial charge is 0.455 e. The van der Waals surface area contributed by atoms with Crippen LogP contribution in [-0.2, 0) is 6.54 Å². The third-order valence-electron chi connectivity index (χ3n) is 3.68. The van der Waals surface area contributed by atoms with Crippen molar-refractivity contribution in [2.75, 3.05) is 5.32 Å². The van der Waals surface area contributed by atoms with Crippen LogP contribution >= 0.6 is 11.9 Å². The second-order valence-electron chi connectivity index (χ2n) is 5.47. The lowest BCUT2D eigenvalue weighted by Gasteiger charge is -2.22. The molecule has 0 aliphatic carbocycles. The third kappa shape index (κ3) is 3.62. The van der Waals surface area contributed by atoms with Gasteiger partial charge in [-0.15, -0.1) is 0 Å². The molecule has 0 unspecified atom stereocenters. The van der Waals surface area contributed by atoms with E-state index in [9.17, 15) is 4.39 Å². The number of ether oxygens (including phenoxy) is 1. The average molecular weight is 366 g/mol. The van der Waals surface area contributed by atoms with Crippen molar-refractivity contribution in [2.45, 2.75) is 11.4 Å². The van der Waals surface area contributed by atoms with Crippen LogP contribution in [0.5, 0.6) is 11.5 Å². The third-order valence-corrected chi connectivity index (χ3v) is 4.54. The zero-order valence-electron chi connectivity index (χ0n) is 13.6. The predicted molar refractivity (Wildman–Crippen MR) is 101 cm³/mol. The molecule has 130 valence electrons. The van der Waals surface area contributed by atoms with Gasteiger partial charge >= 0.3 is 0 Å². The van der Waals surface area contributed by atoms with Crippen LogP contribution in [-0.4, -0.2) is 10.9 Å². The number of anilines is 1. The van der Waals surface area contributed by atoms with E-state index >= 15 is 0 Å². The van der Waals surface area contributed by atoms with Crippen LogP contribution in [0.4, 0.5) is 10.1 Å². The molecule has 1 aliphatic rings. The van der Waals surface area contributed by atoms with Crippen LogP contribution in [0.2, 0.25) is 0 Å². The van der Waals surface area contributed by atoms with Crippen molar-refractivity contribution in [3.63, 3.8) is 0 Å². The van der Waals surface area contributed by atoms with Crippen molar-refractivity contribution in [1.29, 1.82) is 0 Å². The number of hydrogen-bond donors (Lipinski definition) is 2. The molecule has 0 spiro atoms. The first-order valence-corrected chi connectivity index (χ1v) is 8.81. The van der Waals surface area contributed by atoms with Crippen molar-refractivity contribution in [2.24, 2.45) is 4.99 Å². The molecule has 0 saturated heterocycles. The van der Waals surface area contributed by atoms with E-state index in [1.54, 1.807) is 12.3 Å². The smallest absolute Gasteiger partial charge is 0.206 e. The number of hydrogen-bond acceptors (Lipinski definition) is 4. The number of aromatic nitrogens is 1. The predicted octanol–water partition coefficient (Wildman–Crippen LogP) is 4.59. The van der Waals surface area contributed by atoms with Gasteiger partial charge in [0.2, 0.25) is 5.96 Å². The number of rotatable bonds is 4. The fourth-order valence-electron chi connectivity index (χ4n) is 2.43. The Morgan fingerprint density at radius 1 is 1.04 bits per heavy atom. The molecular formula is C19H15FN4OS. The van der Waals surface area contributed by atoms with E-state index in [1.807, 2.05) is 48.5 Å². The summed E-state index contributed by atoms with van der Waals surface area (Å²) in [5, 5.41) is 3.22. The Hall–Kier alpha value is -3.06. The second kappa shape index (κ2) is 7.45. The summed E-state index contributed by atoms with van der Waals surface area (Å²) in [7, 11) is 0. The summed E-state index contributed by atoms with van der Waals surface area (Å²) >= 11 is 1.42. The number of pyridine rings is 1. The minimum atomic E-state index is -0.367. The molecule has 26 heavy (non-hydrogen) atoms. The highest BCUT2D eigenvalue weighted by Crippen LogP contribution is 2.38. The first-order chi connectivity index (χ1) is 12.8. The molecule has 0 amide bonds. The Bertz CT molecular complexity index is 949. The lowest BCUT2D eigenvalue weighted by atomic mass is 10.3. The molecule has 0 fully saturated rings. The molecule has 2 heterocycles. The highest BCUT2D eigenvalue weighted by Gasteiger charge is 2.18. The first kappa shape index (κ1) is 16.4. The van der Waals surface area contributed by atoms with Gasteiger partial charge in [-0.3, -0.25) is 9.71 Å². The van der Waals surface area contributed by atoms with Crippen LogP contribution in [0, 0.1) is 5.82 Å². The Balaban J connectivity index is 1.56. The highest BCUT2D eigenvalue weighted by atomic mass is 32.2. The number of aliphatic imine (C=N–C) groups is 1. The van der Waals surface area contributed by atoms with Crippen LogP contribution in [0.15, 0.2) is 76.7 Å². The zero-order valence-corrected chi connectivity index (χ0v) is 14.5. The molecule has 2 aromatic carbocycles. The van der Waals surface area contributed by atoms with Gasteiger partial charge in [-0.05, 0) is 48.3 Å². The number of benzene rings is 2. The topological polar surface area (TPSA) is 58.5 Å². The van der Waals surface area contributed by atoms with E-state index in [0.29, 0.717) is 17.4 Å². The minimum Gasteiger partial charge on any atom is -0.455 e. The Morgan fingerprint density at radius 3 is 2.77 bits per heavy atom. The van der Waals surface area contributed by atoms with Crippen molar-refractivity contribution in [1.82, 2.24) is 9.71 Å². The Kier molecular flexibility index (Phi) is 4.70. The summed E-state index contributed by atoms with van der Waals surface area (Å²) in [4.78, 5) is 9.38. The molecule has 5 nitrogen and oxygen atoms in total. The molecule has 2 N–H and O–H groups in total. The molecule has 1 aromatic heterocycles. The number of nitrogens with zero attached hydrogens (tertiary/aromatic N) is 2. The van der Waals surface area contributed by atoms with Gasteiger partial charge in [0.05, 0.1) is 22.8 Å². The first-order valence-electron chi connectivity index (χ1n) is 7.99. The minimum absolute atomic E-state index is 0.139. The number of halogens is 1. The van der Waals surface area contributed by atoms with Gasteiger partial charge < -0.3 is 10.1 Å². The van der Waals surface area contributed by atoms with Crippen LogP contribution in [0.3, 0.4) is 0 Å². The van der Waals surface area contributed by atoms with Gasteiger partial charge in [-0.1, -0.05) is 24.3 Å². The number of nitrogens with one attached hydrogen (secondary N) is 2. The number of fused-ring (bicyclic) bond motifs is 1. The molecule has 4 rings (SSSR count). The van der Waals surface area contributed by atoms with E-state index in [2.05, 4.69) is 20.0 Å². The van der Waals surface area contributed by atoms with Gasteiger partial charge in [0.1, 0.15) is 11.6 Å². The monoisotopic (exact) mass is 366 g/mol. The second-order valence-corrected chi connectivity index (χ2v) is 6.32. The quantitative estimate of drug-likeness (QED) is 0.661. The summed E-state index contributed by atoms with van der Waals surface area (Å²) in [6, 6.07) is 18.3. The molecule has 0 atom stereocenters. The number of guanidine groups is 1. The molecule has 0 saturated carbocycles. The maximum absolute atomic E-state index is 13.7. The van der Waals surface area contributed by atoms with Gasteiger partial charge in [-0.25, -0.2) is 9.38 Å². The van der Waals surface area contributed by atoms with Crippen LogP contribution in [0.1, 0.15) is 5.69 Å². The molecule has 1 aliphatic heterocycles. The number of para-hydroxylation sites is 2. The summed E-state index contributed by atoms with van der Waals surface area (Å²) in [5.41, 5.74) is 1.12. The van der Waals surface area contributed by atoms with E-state index in [-0.39, 0.29) is 12.4 Å². The van der Waals surface area contributed by atoms with Crippen molar-refractivity contribution >= 4 is 23.6 Å². The molecule has 0 radical (unpaired) electrons. The molecule has 7 heteroatoms. The fourth-order valence-corrected chi connectivity index (χ4v) is 3.15. The molecule has 3 aromatic rings. The average Bonchev–Trinajstić information content (AvgIpc) is 2.68. The van der Waals surface area contributed by atoms with Crippen LogP contribution < -0.4 is 14.8 Å². The standard InChI is InChI=1S/C19H15FN4OS/c20-14-8-5-11-21-15(14)12-22-19-23-18-16(9-4-10-17(18)26-24-19)25-13-6-2-1-3-7-13/h1-11H,12H2,(H2,22,23,24). The lowest BCUT2D eigenvalue weighted by Crippen LogP contribution is -2.29. The molecule has 0 bridgehead atoms.